The number of hydrogen-bond donors (Lipinski definition) is 1. The molecule has 14 heavy (non-hydrogen) atoms. The van der Waals surface area contributed by atoms with E-state index < -0.39 is 0 Å². The molecule has 0 spiro atoms. The van der Waals surface area contributed by atoms with Crippen LogP contribution in [0.15, 0.2) is 12.3 Å². The van der Waals surface area contributed by atoms with Crippen molar-refractivity contribution in [3.05, 3.63) is 23.5 Å². The van der Waals surface area contributed by atoms with E-state index in [1.54, 1.807) is 0 Å². The number of carbonyl (C=O) groups is 1. The lowest BCUT2D eigenvalue weighted by molar-refractivity contribution is -0.128. The van der Waals surface area contributed by atoms with Gasteiger partial charge in [0.05, 0.1) is 6.61 Å². The molecule has 1 N–H and O–H groups in total. The number of nitrogens with one attached hydrogen (secondary N) is 1. The fraction of sp³-hybridized carbons (Fsp3) is 0.500. The summed E-state index contributed by atoms with van der Waals surface area (Å²) in [5, 5.41) is 0. The average Bonchev–Trinajstić information content (AvgIpc) is 2.52. The molecular weight excluding hydrogens is 180 g/mol. The number of hydrogen-bond acceptors (Lipinski definition) is 3. The van der Waals surface area contributed by atoms with Crippen molar-refractivity contribution < 1.29 is 9.53 Å². The predicted molar refractivity (Wildman–Crippen MR) is 53.9 cm³/mol. The molecule has 4 heteroatoms. The molecule has 1 aromatic heterocycles. The highest BCUT2D eigenvalue weighted by molar-refractivity contribution is 5.36. The van der Waals surface area contributed by atoms with Gasteiger partial charge in [-0.3, -0.25) is 4.79 Å². The van der Waals surface area contributed by atoms with E-state index in [1.165, 1.54) is 5.56 Å². The van der Waals surface area contributed by atoms with Crippen LogP contribution in [0, 0.1) is 0 Å². The Balaban J connectivity index is 2.38. The van der Waals surface area contributed by atoms with Gasteiger partial charge in [-0.2, -0.15) is 0 Å². The van der Waals surface area contributed by atoms with Gasteiger partial charge in [-0.25, -0.2) is 0 Å². The molecule has 4 nitrogen and oxygen atoms in total. The van der Waals surface area contributed by atoms with Gasteiger partial charge < -0.3 is 14.6 Å². The lowest BCUT2D eigenvalue weighted by Gasteiger charge is -2.06. The summed E-state index contributed by atoms with van der Waals surface area (Å²) in [6.07, 6.45) is 2.72. The van der Waals surface area contributed by atoms with E-state index in [9.17, 15) is 4.79 Å². The molecule has 0 saturated heterocycles. The van der Waals surface area contributed by atoms with Crippen LogP contribution >= 0.6 is 0 Å². The Kier molecular flexibility index (Phi) is 4.19. The third kappa shape index (κ3) is 3.62. The zero-order valence-electron chi connectivity index (χ0n) is 8.62. The van der Waals surface area contributed by atoms with Crippen molar-refractivity contribution in [2.24, 2.45) is 0 Å². The highest BCUT2D eigenvalue weighted by Gasteiger charge is 2.00. The van der Waals surface area contributed by atoms with Crippen molar-refractivity contribution in [3.8, 4) is 0 Å². The second-order valence-corrected chi connectivity index (χ2v) is 3.49. The zero-order valence-corrected chi connectivity index (χ0v) is 8.62. The lowest BCUT2D eigenvalue weighted by Crippen LogP contribution is -2.09. The van der Waals surface area contributed by atoms with Crippen molar-refractivity contribution in [1.29, 1.82) is 0 Å². The van der Waals surface area contributed by atoms with E-state index >= 15 is 0 Å². The molecule has 1 rings (SSSR count). The van der Waals surface area contributed by atoms with Crippen LogP contribution in [-0.2, 0) is 22.5 Å². The molecule has 0 atom stereocenters. The van der Waals surface area contributed by atoms with Gasteiger partial charge in [0.15, 0.2) is 0 Å². The lowest BCUT2D eigenvalue weighted by atomic mass is 10.2. The van der Waals surface area contributed by atoms with E-state index in [-0.39, 0.29) is 0 Å². The summed E-state index contributed by atoms with van der Waals surface area (Å²) in [4.78, 5) is 15.2. The van der Waals surface area contributed by atoms with E-state index in [0.29, 0.717) is 13.1 Å². The topological polar surface area (TPSA) is 45.3 Å². The molecular formula is C10H16N2O2. The van der Waals surface area contributed by atoms with Crippen molar-refractivity contribution in [3.63, 3.8) is 0 Å². The van der Waals surface area contributed by atoms with E-state index in [4.69, 9.17) is 0 Å². The summed E-state index contributed by atoms with van der Waals surface area (Å²) in [5.74, 6) is 0. The first-order valence-electron chi connectivity index (χ1n) is 4.58. The van der Waals surface area contributed by atoms with E-state index in [2.05, 4.69) is 20.7 Å². The van der Waals surface area contributed by atoms with Crippen molar-refractivity contribution in [1.82, 2.24) is 9.88 Å². The molecule has 0 aliphatic heterocycles. The van der Waals surface area contributed by atoms with E-state index in [0.717, 1.165) is 18.7 Å². The van der Waals surface area contributed by atoms with Crippen LogP contribution in [0.5, 0.6) is 0 Å². The van der Waals surface area contributed by atoms with Crippen molar-refractivity contribution in [2.45, 2.75) is 13.0 Å². The number of aromatic nitrogens is 1. The Hall–Kier alpha value is -1.29. The molecule has 0 fully saturated rings. The van der Waals surface area contributed by atoms with Gasteiger partial charge in [-0.05, 0) is 25.7 Å². The van der Waals surface area contributed by atoms with Crippen LogP contribution in [0.1, 0.15) is 11.3 Å². The highest BCUT2D eigenvalue weighted by atomic mass is 16.5. The first kappa shape index (κ1) is 10.8. The van der Waals surface area contributed by atoms with Crippen LogP contribution in [0.3, 0.4) is 0 Å². The fourth-order valence-corrected chi connectivity index (χ4v) is 1.31. The average molecular weight is 196 g/mol. The standard InChI is InChI=1S/C10H16N2O2/c1-12(2)7-9-5-10(11-6-9)3-4-14-8-13/h5-6,8,11H,3-4,7H2,1-2H3. The number of carbonyl (C=O) groups excluding carboxylic acids is 1. The molecule has 0 amide bonds. The van der Waals surface area contributed by atoms with Gasteiger partial charge in [0, 0.05) is 24.9 Å². The summed E-state index contributed by atoms with van der Waals surface area (Å²) in [5.41, 5.74) is 2.35. The largest absolute Gasteiger partial charge is 0.467 e. The van der Waals surface area contributed by atoms with Gasteiger partial charge in [-0.1, -0.05) is 0 Å². The molecule has 0 bridgehead atoms. The Morgan fingerprint density at radius 1 is 1.57 bits per heavy atom. The van der Waals surface area contributed by atoms with Gasteiger partial charge >= 0.3 is 0 Å². The Bertz CT molecular complexity index is 281. The van der Waals surface area contributed by atoms with Gasteiger partial charge in [0.1, 0.15) is 0 Å². The fourth-order valence-electron chi connectivity index (χ4n) is 1.31. The van der Waals surface area contributed by atoms with Crippen molar-refractivity contribution >= 4 is 6.47 Å². The zero-order chi connectivity index (χ0) is 10.4. The predicted octanol–water partition coefficient (Wildman–Crippen LogP) is 0.792. The Morgan fingerprint density at radius 3 is 3.00 bits per heavy atom. The smallest absolute Gasteiger partial charge is 0.293 e. The summed E-state index contributed by atoms with van der Waals surface area (Å²) in [6, 6.07) is 2.09. The summed E-state index contributed by atoms with van der Waals surface area (Å²) in [6.45, 7) is 1.83. The van der Waals surface area contributed by atoms with Gasteiger partial charge in [-0.15, -0.1) is 0 Å². The van der Waals surface area contributed by atoms with Gasteiger partial charge in [0.25, 0.3) is 6.47 Å². The molecule has 0 aromatic carbocycles. The Morgan fingerprint density at radius 2 is 2.36 bits per heavy atom. The second kappa shape index (κ2) is 5.44. The maximum absolute atomic E-state index is 9.91. The number of aromatic amines is 1. The molecule has 0 radical (unpaired) electrons. The number of rotatable bonds is 6. The maximum Gasteiger partial charge on any atom is 0.293 e. The minimum atomic E-state index is 0.436. The monoisotopic (exact) mass is 196 g/mol. The summed E-state index contributed by atoms with van der Waals surface area (Å²) >= 11 is 0. The molecule has 1 aromatic rings. The molecule has 0 aliphatic rings. The molecule has 78 valence electrons. The maximum atomic E-state index is 9.91. The number of ether oxygens (including phenoxy) is 1. The minimum Gasteiger partial charge on any atom is -0.467 e. The third-order valence-electron chi connectivity index (χ3n) is 1.86. The van der Waals surface area contributed by atoms with Crippen molar-refractivity contribution in [2.75, 3.05) is 20.7 Å². The quantitative estimate of drug-likeness (QED) is 0.540. The highest BCUT2D eigenvalue weighted by Crippen LogP contribution is 2.05. The van der Waals surface area contributed by atoms with Crippen LogP contribution in [0.2, 0.25) is 0 Å². The minimum absolute atomic E-state index is 0.436. The Labute approximate surface area is 83.9 Å². The second-order valence-electron chi connectivity index (χ2n) is 3.49. The normalized spacial score (nSPS) is 10.5. The first-order valence-corrected chi connectivity index (χ1v) is 4.58. The van der Waals surface area contributed by atoms with Crippen LogP contribution in [0.4, 0.5) is 0 Å². The molecule has 1 heterocycles. The van der Waals surface area contributed by atoms with Crippen LogP contribution in [-0.4, -0.2) is 37.1 Å². The summed E-state index contributed by atoms with van der Waals surface area (Å²) < 4.78 is 4.62. The molecule has 0 unspecified atom stereocenters. The SMILES string of the molecule is CN(C)Cc1c[nH]c(CCOC=O)c1. The number of H-pyrrole nitrogens is 1. The van der Waals surface area contributed by atoms with Crippen LogP contribution in [0.25, 0.3) is 0 Å². The molecule has 0 aliphatic carbocycles. The first-order chi connectivity index (χ1) is 6.72. The number of nitrogens with zero attached hydrogens (tertiary/aromatic N) is 1. The summed E-state index contributed by atoms with van der Waals surface area (Å²) in [7, 11) is 4.06. The van der Waals surface area contributed by atoms with Crippen LogP contribution < -0.4 is 0 Å². The van der Waals surface area contributed by atoms with E-state index in [1.807, 2.05) is 20.3 Å². The third-order valence-corrected chi connectivity index (χ3v) is 1.86. The molecule has 0 saturated carbocycles. The van der Waals surface area contributed by atoms with Gasteiger partial charge in [0.2, 0.25) is 0 Å².